The van der Waals surface area contributed by atoms with Gasteiger partial charge >= 0.3 is 11.9 Å². The highest BCUT2D eigenvalue weighted by molar-refractivity contribution is 5.98. The molecule has 3 heterocycles. The molecule has 1 saturated heterocycles. The number of aromatic nitrogens is 4. The maximum Gasteiger partial charge on any atom is 0.326 e. The highest BCUT2D eigenvalue weighted by atomic mass is 16.4. The monoisotopic (exact) mass is 998 g/mol. The number of nitrogens with zero attached hydrogens (tertiary/aromatic N) is 3. The van der Waals surface area contributed by atoms with Crippen molar-refractivity contribution < 1.29 is 58.5 Å². The minimum atomic E-state index is -1.47. The molecule has 4 aromatic rings. The highest BCUT2D eigenvalue weighted by Crippen LogP contribution is 2.21. The summed E-state index contributed by atoms with van der Waals surface area (Å²) in [6.45, 7) is 4.90. The molecule has 2 aromatic carbocycles. The lowest BCUT2D eigenvalue weighted by Gasteiger charge is -2.32. The van der Waals surface area contributed by atoms with Crippen LogP contribution in [0.15, 0.2) is 79.6 Å². The van der Waals surface area contributed by atoms with Crippen molar-refractivity contribution in [3.8, 4) is 5.75 Å². The van der Waals surface area contributed by atoms with Gasteiger partial charge in [0.25, 0.3) is 0 Å². The van der Waals surface area contributed by atoms with Gasteiger partial charge in [-0.2, -0.15) is 0 Å². The predicted octanol–water partition coefficient (Wildman–Crippen LogP) is -1.04. The molecule has 2 aromatic heterocycles. The van der Waals surface area contributed by atoms with E-state index in [1.807, 2.05) is 0 Å². The van der Waals surface area contributed by atoms with E-state index in [2.05, 4.69) is 51.8 Å². The van der Waals surface area contributed by atoms with Crippen molar-refractivity contribution >= 4 is 53.3 Å². The number of nitrogens with two attached hydrogens (primary N) is 1. The lowest BCUT2D eigenvalue weighted by molar-refractivity contribution is -0.145. The van der Waals surface area contributed by atoms with Crippen molar-refractivity contribution in [2.24, 2.45) is 11.7 Å². The van der Waals surface area contributed by atoms with Gasteiger partial charge in [-0.3, -0.25) is 38.4 Å². The van der Waals surface area contributed by atoms with Crippen LogP contribution in [0.1, 0.15) is 69.0 Å². The second-order valence-corrected chi connectivity index (χ2v) is 17.7. The van der Waals surface area contributed by atoms with Gasteiger partial charge in [-0.25, -0.2) is 14.8 Å². The number of hydrogen-bond acceptors (Lipinski definition) is 13. The number of likely N-dealkylation sites (tertiary alicyclic amines) is 1. The number of nitrogens with one attached hydrogen (secondary N) is 8. The van der Waals surface area contributed by atoms with Gasteiger partial charge < -0.3 is 67.8 Å². The maximum atomic E-state index is 14.5. The molecule has 0 bridgehead atoms. The van der Waals surface area contributed by atoms with Crippen LogP contribution in [0.2, 0.25) is 0 Å². The minimum Gasteiger partial charge on any atom is -0.508 e. The van der Waals surface area contributed by atoms with Crippen molar-refractivity contribution in [3.05, 3.63) is 102 Å². The van der Waals surface area contributed by atoms with E-state index in [9.17, 15) is 53.4 Å². The van der Waals surface area contributed by atoms with Gasteiger partial charge in [0, 0.05) is 56.0 Å². The Morgan fingerprint density at radius 2 is 1.24 bits per heavy atom. The van der Waals surface area contributed by atoms with Crippen molar-refractivity contribution in [2.75, 3.05) is 6.54 Å². The number of aromatic amines is 2. The summed E-state index contributed by atoms with van der Waals surface area (Å²) in [4.78, 5) is 136. The van der Waals surface area contributed by atoms with Crippen LogP contribution in [-0.2, 0) is 68.8 Å². The molecular weight excluding hydrogens is 937 g/mol. The number of phenolic OH excluding ortho intramolecular Hbond substituents is 1. The fourth-order valence-corrected chi connectivity index (χ4v) is 7.99. The molecule has 9 atom stereocenters. The molecule has 13 N–H and O–H groups in total. The number of aliphatic carboxylic acids is 2. The Kier molecular flexibility index (Phi) is 19.9. The van der Waals surface area contributed by atoms with Gasteiger partial charge in [-0.15, -0.1) is 0 Å². The normalized spacial score (nSPS) is 16.6. The first-order valence-corrected chi connectivity index (χ1v) is 23.4. The van der Waals surface area contributed by atoms with Crippen LogP contribution in [0.25, 0.3) is 0 Å². The second kappa shape index (κ2) is 26.2. The molecule has 72 heavy (non-hydrogen) atoms. The summed E-state index contributed by atoms with van der Waals surface area (Å²) in [6, 6.07) is 3.96. The minimum absolute atomic E-state index is 0.000535. The molecule has 0 unspecified atom stereocenters. The Balaban J connectivity index is 1.37. The van der Waals surface area contributed by atoms with Gasteiger partial charge in [0.1, 0.15) is 48.0 Å². The quantitative estimate of drug-likeness (QED) is 0.0358. The lowest BCUT2D eigenvalue weighted by atomic mass is 9.96. The van der Waals surface area contributed by atoms with Crippen molar-refractivity contribution in [2.45, 2.75) is 120 Å². The Morgan fingerprint density at radius 3 is 1.82 bits per heavy atom. The van der Waals surface area contributed by atoms with E-state index in [0.717, 1.165) is 0 Å². The van der Waals surface area contributed by atoms with E-state index in [4.69, 9.17) is 10.8 Å². The summed E-state index contributed by atoms with van der Waals surface area (Å²) in [6.07, 6.45) is 5.42. The Morgan fingerprint density at radius 1 is 0.681 bits per heavy atom. The average Bonchev–Trinajstić information content (AvgIpc) is 4.17. The molecule has 24 heteroatoms. The Hall–Kier alpha value is -8.15. The number of aromatic hydroxyl groups is 1. The fraction of sp³-hybridized carbons (Fsp3) is 0.438. The second-order valence-electron chi connectivity index (χ2n) is 17.7. The Labute approximate surface area is 414 Å². The molecule has 0 spiro atoms. The largest absolute Gasteiger partial charge is 0.508 e. The van der Waals surface area contributed by atoms with Crippen molar-refractivity contribution in [3.63, 3.8) is 0 Å². The summed E-state index contributed by atoms with van der Waals surface area (Å²) in [5.74, 6) is -8.81. The van der Waals surface area contributed by atoms with Crippen LogP contribution < -0.4 is 37.6 Å². The lowest BCUT2D eigenvalue weighted by Crippen LogP contribution is -2.61. The first-order chi connectivity index (χ1) is 34.3. The topological polar surface area (TPSA) is 373 Å². The average molecular weight is 999 g/mol. The molecule has 0 radical (unpaired) electrons. The van der Waals surface area contributed by atoms with E-state index in [0.29, 0.717) is 35.4 Å². The van der Waals surface area contributed by atoms with Crippen LogP contribution in [0.4, 0.5) is 0 Å². The molecule has 0 saturated carbocycles. The number of amides is 7. The van der Waals surface area contributed by atoms with Gasteiger partial charge in [-0.1, -0.05) is 62.7 Å². The van der Waals surface area contributed by atoms with Crippen molar-refractivity contribution in [1.82, 2.24) is 56.7 Å². The molecule has 7 amide bonds. The summed E-state index contributed by atoms with van der Waals surface area (Å²) in [7, 11) is 0. The van der Waals surface area contributed by atoms with E-state index >= 15 is 0 Å². The molecular formula is C48H62N12O12. The van der Waals surface area contributed by atoms with E-state index < -0.39 is 114 Å². The fourth-order valence-electron chi connectivity index (χ4n) is 7.99. The third-order valence-electron chi connectivity index (χ3n) is 12.2. The number of hydrogen-bond donors (Lipinski definition) is 12. The number of carbonyl (C=O) groups is 9. The predicted molar refractivity (Wildman–Crippen MR) is 256 cm³/mol. The first-order valence-electron chi connectivity index (χ1n) is 23.4. The van der Waals surface area contributed by atoms with E-state index in [1.165, 1.54) is 61.1 Å². The molecule has 24 nitrogen and oxygen atoms in total. The number of carbonyl (C=O) groups excluding carboxylic acids is 7. The highest BCUT2D eigenvalue weighted by Gasteiger charge is 2.41. The third kappa shape index (κ3) is 15.9. The van der Waals surface area contributed by atoms with E-state index in [1.54, 1.807) is 44.2 Å². The van der Waals surface area contributed by atoms with Gasteiger partial charge in [0.15, 0.2) is 0 Å². The summed E-state index contributed by atoms with van der Waals surface area (Å²) < 4.78 is 0. The number of rotatable bonds is 26. The summed E-state index contributed by atoms with van der Waals surface area (Å²) in [5.41, 5.74) is 7.67. The molecule has 1 fully saturated rings. The number of carboxylic acids is 2. The van der Waals surface area contributed by atoms with Crippen LogP contribution in [0.5, 0.6) is 5.75 Å². The number of phenols is 1. The van der Waals surface area contributed by atoms with Crippen LogP contribution in [-0.4, -0.2) is 148 Å². The smallest absolute Gasteiger partial charge is 0.326 e. The molecule has 1 aliphatic heterocycles. The first kappa shape index (κ1) is 54.8. The number of carboxylic acid groups (broad SMARTS) is 2. The van der Waals surface area contributed by atoms with Crippen molar-refractivity contribution in [1.29, 1.82) is 0 Å². The standard InChI is InChI=1S/C48H62N12O12/c1-4-26(2)40(46(69)57-36(20-31-23-51-25-53-31)47(70)60-16-8-11-38(60)45(68)58-37(48(71)72)18-28-9-6-5-7-10-28)59-44(67)34(17-29-12-14-32(61)15-13-29)56-43(66)35(19-30-22-50-24-52-30)55-41(64)27(3)54-42(65)33(49)21-39(62)63/h5-7,9-10,12-15,22-27,33-38,40,61H,4,8,11,16-21,49H2,1-3H3,(H,50,52)(H,51,53)(H,54,65)(H,55,64)(H,56,66)(H,57,69)(H,58,68)(H,59,67)(H,62,63)(H,71,72)/t26-,27-,33-,34-,35-,36-,37-,38-,40-/m0/s1. The SMILES string of the molecule is CC[C@H](C)[C@H](NC(=O)[C@H](Cc1ccc(O)cc1)NC(=O)[C@H](Cc1cnc[nH]1)NC(=O)[C@H](C)NC(=O)[C@@H](N)CC(=O)O)C(=O)N[C@@H](Cc1cnc[nH]1)C(=O)N1CCC[C@H]1C(=O)N[C@@H](Cc1ccccc1)C(=O)O. The number of benzene rings is 2. The summed E-state index contributed by atoms with van der Waals surface area (Å²) in [5, 5.41) is 44.7. The Bertz CT molecular complexity index is 2490. The van der Waals surface area contributed by atoms with E-state index in [-0.39, 0.29) is 44.4 Å². The van der Waals surface area contributed by atoms with Gasteiger partial charge in [-0.05, 0) is 48.9 Å². The third-order valence-corrected chi connectivity index (χ3v) is 12.2. The van der Waals surface area contributed by atoms with Gasteiger partial charge in [0.2, 0.25) is 41.4 Å². The molecule has 5 rings (SSSR count). The van der Waals surface area contributed by atoms with Gasteiger partial charge in [0.05, 0.1) is 25.1 Å². The zero-order valence-electron chi connectivity index (χ0n) is 40.0. The molecule has 0 aliphatic carbocycles. The van der Waals surface area contributed by atoms with Crippen LogP contribution >= 0.6 is 0 Å². The zero-order chi connectivity index (χ0) is 52.5. The van der Waals surface area contributed by atoms with Crippen LogP contribution in [0.3, 0.4) is 0 Å². The number of imidazole rings is 2. The number of H-pyrrole nitrogens is 2. The maximum absolute atomic E-state index is 14.5. The van der Waals surface area contributed by atoms with Crippen LogP contribution in [0, 0.1) is 5.92 Å². The molecule has 386 valence electrons. The summed E-state index contributed by atoms with van der Waals surface area (Å²) >= 11 is 0. The molecule has 1 aliphatic rings. The zero-order valence-corrected chi connectivity index (χ0v) is 40.0.